The molecule has 0 spiro atoms. The molecule has 2 aromatic heterocycles. The van der Waals surface area contributed by atoms with Crippen LogP contribution < -0.4 is 5.69 Å². The highest BCUT2D eigenvalue weighted by atomic mass is 19.3. The van der Waals surface area contributed by atoms with Crippen LogP contribution in [0.2, 0.25) is 0 Å². The second-order valence-electron chi connectivity index (χ2n) is 4.99. The lowest BCUT2D eigenvalue weighted by Crippen LogP contribution is -2.22. The molecule has 0 radical (unpaired) electrons. The molecule has 0 N–H and O–H groups in total. The number of nitrogens with zero attached hydrogens (tertiary/aromatic N) is 3. The van der Waals surface area contributed by atoms with Crippen molar-refractivity contribution in [3.05, 3.63) is 76.5 Å². The molecule has 0 amide bonds. The number of aromatic nitrogens is 3. The van der Waals surface area contributed by atoms with Crippen LogP contribution in [0.1, 0.15) is 17.6 Å². The Balaban J connectivity index is 2.12. The van der Waals surface area contributed by atoms with Crippen molar-refractivity contribution in [3.8, 4) is 11.4 Å². The zero-order valence-electron chi connectivity index (χ0n) is 12.1. The Bertz CT molecular complexity index is 915. The summed E-state index contributed by atoms with van der Waals surface area (Å²) in [5.41, 5.74) is 0.416. The zero-order valence-corrected chi connectivity index (χ0v) is 12.1. The van der Waals surface area contributed by atoms with Crippen molar-refractivity contribution in [2.75, 3.05) is 0 Å². The minimum atomic E-state index is -2.95. The van der Waals surface area contributed by atoms with Gasteiger partial charge in [-0.15, -0.1) is 0 Å². The summed E-state index contributed by atoms with van der Waals surface area (Å²) in [6, 6.07) is 4.94. The van der Waals surface area contributed by atoms with E-state index in [1.165, 1.54) is 33.8 Å². The number of rotatable bonds is 3. The van der Waals surface area contributed by atoms with E-state index in [9.17, 15) is 18.0 Å². The molecule has 0 aliphatic heterocycles. The lowest BCUT2D eigenvalue weighted by molar-refractivity contribution is 0.146. The fourth-order valence-electron chi connectivity index (χ4n) is 2.31. The number of imidazole rings is 1. The van der Waals surface area contributed by atoms with Gasteiger partial charge in [0.05, 0.1) is 23.1 Å². The number of aryl methyl sites for hydroxylation is 1. The zero-order chi connectivity index (χ0) is 16.6. The van der Waals surface area contributed by atoms with Crippen molar-refractivity contribution in [3.63, 3.8) is 0 Å². The minimum Gasteiger partial charge on any atom is -0.268 e. The van der Waals surface area contributed by atoms with Crippen LogP contribution in [0.25, 0.3) is 11.4 Å². The van der Waals surface area contributed by atoms with Crippen LogP contribution in [-0.2, 0) is 0 Å². The third-order valence-electron chi connectivity index (χ3n) is 3.54. The van der Waals surface area contributed by atoms with Gasteiger partial charge < -0.3 is 0 Å². The van der Waals surface area contributed by atoms with Crippen molar-refractivity contribution in [1.82, 2.24) is 14.1 Å². The largest absolute Gasteiger partial charge is 0.337 e. The van der Waals surface area contributed by atoms with E-state index in [4.69, 9.17) is 0 Å². The monoisotopic (exact) mass is 319 g/mol. The van der Waals surface area contributed by atoms with E-state index < -0.39 is 23.5 Å². The van der Waals surface area contributed by atoms with Gasteiger partial charge in [-0.3, -0.25) is 14.1 Å². The molecule has 0 atom stereocenters. The van der Waals surface area contributed by atoms with Crippen LogP contribution in [0.5, 0.6) is 0 Å². The molecular weight excluding hydrogens is 307 g/mol. The molecule has 3 aromatic rings. The quantitative estimate of drug-likeness (QED) is 0.742. The van der Waals surface area contributed by atoms with Crippen molar-refractivity contribution in [2.24, 2.45) is 0 Å². The summed E-state index contributed by atoms with van der Waals surface area (Å²) in [7, 11) is 0. The molecule has 0 saturated carbocycles. The highest BCUT2D eigenvalue weighted by molar-refractivity contribution is 5.40. The van der Waals surface area contributed by atoms with Crippen LogP contribution in [-0.4, -0.2) is 14.1 Å². The maximum atomic E-state index is 13.4. The van der Waals surface area contributed by atoms with Gasteiger partial charge in [0.2, 0.25) is 0 Å². The first kappa shape index (κ1) is 15.1. The molecule has 1 aromatic carbocycles. The fourth-order valence-corrected chi connectivity index (χ4v) is 2.31. The summed E-state index contributed by atoms with van der Waals surface area (Å²) in [4.78, 5) is 16.5. The minimum absolute atomic E-state index is 0.173. The number of benzene rings is 1. The second kappa shape index (κ2) is 5.75. The SMILES string of the molecule is Cc1ccncc1-n1ccn(-c2ccc(F)c(C(F)F)c2)c1=O. The molecule has 0 aliphatic rings. The van der Waals surface area contributed by atoms with Gasteiger partial charge in [0.15, 0.2) is 0 Å². The maximum Gasteiger partial charge on any atom is 0.337 e. The first-order chi connectivity index (χ1) is 11.0. The third kappa shape index (κ3) is 2.65. The van der Waals surface area contributed by atoms with Crippen LogP contribution in [0.3, 0.4) is 0 Å². The highest BCUT2D eigenvalue weighted by Gasteiger charge is 2.16. The van der Waals surface area contributed by atoms with Gasteiger partial charge in [-0.1, -0.05) is 0 Å². The average Bonchev–Trinajstić information content (AvgIpc) is 2.90. The summed E-state index contributed by atoms with van der Waals surface area (Å²) >= 11 is 0. The van der Waals surface area contributed by atoms with Gasteiger partial charge in [0.25, 0.3) is 6.43 Å². The van der Waals surface area contributed by atoms with E-state index in [2.05, 4.69) is 4.98 Å². The van der Waals surface area contributed by atoms with Gasteiger partial charge in [-0.05, 0) is 36.8 Å². The predicted octanol–water partition coefficient (Wildman–Crippen LogP) is 3.41. The molecule has 23 heavy (non-hydrogen) atoms. The van der Waals surface area contributed by atoms with E-state index in [0.717, 1.165) is 17.7 Å². The number of hydrogen-bond donors (Lipinski definition) is 0. The lowest BCUT2D eigenvalue weighted by atomic mass is 10.2. The molecule has 3 rings (SSSR count). The predicted molar refractivity (Wildman–Crippen MR) is 78.8 cm³/mol. The van der Waals surface area contributed by atoms with E-state index in [0.29, 0.717) is 5.69 Å². The van der Waals surface area contributed by atoms with Crippen LogP contribution in [0, 0.1) is 12.7 Å². The summed E-state index contributed by atoms with van der Waals surface area (Å²) in [6.07, 6.45) is 3.15. The van der Waals surface area contributed by atoms with E-state index in [1.807, 2.05) is 6.92 Å². The fraction of sp³-hybridized carbons (Fsp3) is 0.125. The summed E-state index contributed by atoms with van der Waals surface area (Å²) < 4.78 is 41.5. The standard InChI is InChI=1S/C16H12F3N3O/c1-10-4-5-20-9-14(10)22-7-6-21(16(22)23)11-2-3-13(17)12(8-11)15(18)19/h2-9,15H,1H3. The Hall–Kier alpha value is -2.83. The van der Waals surface area contributed by atoms with Gasteiger partial charge >= 0.3 is 5.69 Å². The molecule has 0 fully saturated rings. The first-order valence-corrected chi connectivity index (χ1v) is 6.78. The number of pyridine rings is 1. The topological polar surface area (TPSA) is 39.8 Å². The Labute approximate surface area is 129 Å². The lowest BCUT2D eigenvalue weighted by Gasteiger charge is -2.07. The number of halogens is 3. The second-order valence-corrected chi connectivity index (χ2v) is 4.99. The average molecular weight is 319 g/mol. The normalized spacial score (nSPS) is 11.2. The van der Waals surface area contributed by atoms with Crippen molar-refractivity contribution < 1.29 is 13.2 Å². The molecule has 0 unspecified atom stereocenters. The molecule has 118 valence electrons. The Morgan fingerprint density at radius 3 is 2.57 bits per heavy atom. The van der Waals surface area contributed by atoms with Gasteiger partial charge in [0.1, 0.15) is 5.82 Å². The van der Waals surface area contributed by atoms with Gasteiger partial charge in [-0.2, -0.15) is 0 Å². The van der Waals surface area contributed by atoms with Crippen molar-refractivity contribution in [1.29, 1.82) is 0 Å². The molecular formula is C16H12F3N3O. The van der Waals surface area contributed by atoms with E-state index in [-0.39, 0.29) is 5.69 Å². The van der Waals surface area contributed by atoms with Gasteiger partial charge in [0, 0.05) is 18.6 Å². The van der Waals surface area contributed by atoms with E-state index in [1.54, 1.807) is 12.3 Å². The maximum absolute atomic E-state index is 13.4. The first-order valence-electron chi connectivity index (χ1n) is 6.78. The summed E-state index contributed by atoms with van der Waals surface area (Å²) in [5, 5.41) is 0. The molecule has 7 heteroatoms. The van der Waals surface area contributed by atoms with Crippen LogP contribution in [0.4, 0.5) is 13.2 Å². The Morgan fingerprint density at radius 2 is 1.87 bits per heavy atom. The Morgan fingerprint density at radius 1 is 1.13 bits per heavy atom. The smallest absolute Gasteiger partial charge is 0.268 e. The third-order valence-corrected chi connectivity index (χ3v) is 3.54. The van der Waals surface area contributed by atoms with Crippen molar-refractivity contribution in [2.45, 2.75) is 13.3 Å². The molecule has 0 aliphatic carbocycles. The van der Waals surface area contributed by atoms with Crippen LogP contribution in [0.15, 0.2) is 53.8 Å². The summed E-state index contributed by atoms with van der Waals surface area (Å²) in [6.45, 7) is 1.83. The van der Waals surface area contributed by atoms with Gasteiger partial charge in [-0.25, -0.2) is 18.0 Å². The van der Waals surface area contributed by atoms with E-state index >= 15 is 0 Å². The summed E-state index contributed by atoms with van der Waals surface area (Å²) in [5.74, 6) is -1.00. The number of alkyl halides is 2. The number of hydrogen-bond acceptors (Lipinski definition) is 2. The molecule has 2 heterocycles. The Kier molecular flexibility index (Phi) is 3.77. The molecule has 0 saturated heterocycles. The van der Waals surface area contributed by atoms with Crippen molar-refractivity contribution >= 4 is 0 Å². The molecule has 0 bridgehead atoms. The molecule has 4 nitrogen and oxygen atoms in total. The van der Waals surface area contributed by atoms with Crippen LogP contribution >= 0.6 is 0 Å². The highest BCUT2D eigenvalue weighted by Crippen LogP contribution is 2.24.